The highest BCUT2D eigenvalue weighted by Crippen LogP contribution is 2.47. The van der Waals surface area contributed by atoms with Crippen molar-refractivity contribution in [3.8, 4) is 39.9 Å². The Labute approximate surface area is 184 Å². The first kappa shape index (κ1) is 21.3. The Morgan fingerprint density at radius 3 is 2.19 bits per heavy atom. The minimum Gasteiger partial charge on any atom is -0.507 e. The van der Waals surface area contributed by atoms with Gasteiger partial charge in [-0.25, -0.2) is 4.79 Å². The van der Waals surface area contributed by atoms with E-state index < -0.39 is 11.8 Å². The zero-order valence-electron chi connectivity index (χ0n) is 18.1. The zero-order chi connectivity index (χ0) is 23.0. The monoisotopic (exact) mass is 438 g/mol. The zero-order valence-corrected chi connectivity index (χ0v) is 18.1. The average molecular weight is 438 g/mol. The topological polar surface area (TPSA) is 101 Å². The number of fused-ring (bicyclic) bond motifs is 2. The maximum atomic E-state index is 13.0. The second kappa shape index (κ2) is 8.30. The van der Waals surface area contributed by atoms with Crippen molar-refractivity contribution >= 4 is 22.5 Å². The fourth-order valence-electron chi connectivity index (χ4n) is 3.90. The smallest absolute Gasteiger partial charge is 0.339 e. The van der Waals surface area contributed by atoms with Crippen molar-refractivity contribution in [2.24, 2.45) is 0 Å². The van der Waals surface area contributed by atoms with Crippen LogP contribution in [0.5, 0.6) is 28.7 Å². The number of esters is 1. The number of hydrogen-bond donors (Lipinski definition) is 1. The molecule has 0 radical (unpaired) electrons. The molecule has 32 heavy (non-hydrogen) atoms. The Morgan fingerprint density at radius 1 is 0.938 bits per heavy atom. The highest BCUT2D eigenvalue weighted by molar-refractivity contribution is 6.20. The van der Waals surface area contributed by atoms with Crippen LogP contribution in [0.4, 0.5) is 0 Å². The molecule has 1 heterocycles. The van der Waals surface area contributed by atoms with E-state index >= 15 is 0 Å². The van der Waals surface area contributed by atoms with Crippen molar-refractivity contribution in [3.05, 3.63) is 41.5 Å². The van der Waals surface area contributed by atoms with Gasteiger partial charge in [0.15, 0.2) is 28.8 Å². The van der Waals surface area contributed by atoms with Gasteiger partial charge >= 0.3 is 5.97 Å². The van der Waals surface area contributed by atoms with Crippen LogP contribution in [0.3, 0.4) is 0 Å². The fraction of sp³-hybridized carbons (Fsp3) is 0.250. The summed E-state index contributed by atoms with van der Waals surface area (Å²) in [6.45, 7) is 1.69. The Balaban J connectivity index is 2.19. The second-order valence-corrected chi connectivity index (χ2v) is 7.06. The molecule has 1 aliphatic rings. The van der Waals surface area contributed by atoms with Gasteiger partial charge in [0.05, 0.1) is 32.5 Å². The van der Waals surface area contributed by atoms with Crippen LogP contribution in [-0.4, -0.2) is 45.0 Å². The molecule has 0 fully saturated rings. The van der Waals surface area contributed by atoms with Gasteiger partial charge in [-0.1, -0.05) is 13.0 Å². The number of phenolic OH excluding ortho intramolecular Hbond substituents is 1. The number of Topliss-reactive ketones (excluding diaryl/α,β-unsaturated/α-hetero) is 1. The van der Waals surface area contributed by atoms with Crippen molar-refractivity contribution in [2.75, 3.05) is 28.1 Å². The van der Waals surface area contributed by atoms with E-state index in [1.165, 1.54) is 21.3 Å². The van der Waals surface area contributed by atoms with Crippen molar-refractivity contribution in [3.63, 3.8) is 0 Å². The van der Waals surface area contributed by atoms with Crippen LogP contribution < -0.4 is 18.9 Å². The van der Waals surface area contributed by atoms with E-state index in [2.05, 4.69) is 0 Å². The number of ether oxygens (including phenoxy) is 5. The van der Waals surface area contributed by atoms with Gasteiger partial charge in [0.1, 0.15) is 5.75 Å². The number of hydrogen-bond acceptors (Lipinski definition) is 8. The van der Waals surface area contributed by atoms with Crippen LogP contribution in [0.1, 0.15) is 34.1 Å². The predicted molar refractivity (Wildman–Crippen MR) is 116 cm³/mol. The molecule has 0 atom stereocenters. The Morgan fingerprint density at radius 2 is 1.59 bits per heavy atom. The van der Waals surface area contributed by atoms with Crippen LogP contribution in [0.2, 0.25) is 0 Å². The molecule has 0 unspecified atom stereocenters. The fourth-order valence-corrected chi connectivity index (χ4v) is 3.90. The summed E-state index contributed by atoms with van der Waals surface area (Å²) in [6, 6.07) is 8.41. The number of carbonyl (C=O) groups is 2. The first-order valence-corrected chi connectivity index (χ1v) is 9.91. The molecule has 1 N–H and O–H groups in total. The highest BCUT2D eigenvalue weighted by atomic mass is 16.7. The van der Waals surface area contributed by atoms with Gasteiger partial charge in [0, 0.05) is 17.4 Å². The van der Waals surface area contributed by atoms with Gasteiger partial charge in [-0.05, 0) is 35.2 Å². The molecule has 8 nitrogen and oxygen atoms in total. The molecule has 0 spiro atoms. The molecule has 166 valence electrons. The number of phenols is 1. The normalized spacial score (nSPS) is 12.0. The first-order chi connectivity index (χ1) is 15.4. The molecule has 0 aliphatic carbocycles. The summed E-state index contributed by atoms with van der Waals surface area (Å²) in [6.07, 6.45) is 0.0823. The Kier molecular flexibility index (Phi) is 5.52. The van der Waals surface area contributed by atoms with E-state index in [1.807, 2.05) is 0 Å². The number of carbonyl (C=O) groups excluding carboxylic acids is 2. The predicted octanol–water partition coefficient (Wildman–Crippen LogP) is 4.34. The molecule has 1 aliphatic heterocycles. The first-order valence-electron chi connectivity index (χ1n) is 9.91. The number of ketones is 1. The minimum absolute atomic E-state index is 0.0305. The lowest BCUT2D eigenvalue weighted by Gasteiger charge is -2.19. The molecule has 0 saturated heterocycles. The maximum absolute atomic E-state index is 13.0. The third-order valence-corrected chi connectivity index (χ3v) is 5.44. The molecule has 4 rings (SSSR count). The molecule has 0 saturated carbocycles. The van der Waals surface area contributed by atoms with Crippen molar-refractivity contribution in [1.82, 2.24) is 0 Å². The van der Waals surface area contributed by atoms with Gasteiger partial charge < -0.3 is 28.8 Å². The number of methoxy groups -OCH3 is 3. The van der Waals surface area contributed by atoms with Crippen LogP contribution in [0.15, 0.2) is 30.3 Å². The number of benzene rings is 3. The lowest BCUT2D eigenvalue weighted by Crippen LogP contribution is -2.13. The summed E-state index contributed by atoms with van der Waals surface area (Å²) in [5.41, 5.74) is 0.837. The molecule has 0 bridgehead atoms. The summed E-state index contributed by atoms with van der Waals surface area (Å²) >= 11 is 0. The van der Waals surface area contributed by atoms with E-state index in [1.54, 1.807) is 37.3 Å². The van der Waals surface area contributed by atoms with Crippen LogP contribution in [-0.2, 0) is 4.74 Å². The molecule has 3 aromatic carbocycles. The van der Waals surface area contributed by atoms with Gasteiger partial charge in [0.25, 0.3) is 0 Å². The van der Waals surface area contributed by atoms with Crippen LogP contribution in [0, 0.1) is 0 Å². The average Bonchev–Trinajstić information content (AvgIpc) is 3.29. The van der Waals surface area contributed by atoms with E-state index in [0.29, 0.717) is 44.9 Å². The summed E-state index contributed by atoms with van der Waals surface area (Å²) in [5, 5.41) is 11.9. The Hall–Kier alpha value is -3.94. The van der Waals surface area contributed by atoms with E-state index in [4.69, 9.17) is 23.7 Å². The van der Waals surface area contributed by atoms with Gasteiger partial charge in [-0.2, -0.15) is 0 Å². The lowest BCUT2D eigenvalue weighted by molar-refractivity contribution is 0.0597. The van der Waals surface area contributed by atoms with Gasteiger partial charge in [-0.3, -0.25) is 4.79 Å². The SMILES string of the molecule is CCC(=O)c1c(C(=O)OC)c(-c2ccc(OC)c(OC)c2)c2cc3c(cc2c1O)OCO3. The Bertz CT molecular complexity index is 1240. The third-order valence-electron chi connectivity index (χ3n) is 5.44. The van der Waals surface area contributed by atoms with Crippen LogP contribution in [0.25, 0.3) is 21.9 Å². The number of aromatic hydroxyl groups is 1. The molecular weight excluding hydrogens is 416 g/mol. The van der Waals surface area contributed by atoms with Crippen molar-refractivity contribution < 1.29 is 38.4 Å². The largest absolute Gasteiger partial charge is 0.507 e. The summed E-state index contributed by atoms with van der Waals surface area (Å²) in [7, 11) is 4.25. The van der Waals surface area contributed by atoms with Crippen molar-refractivity contribution in [2.45, 2.75) is 13.3 Å². The summed E-state index contributed by atoms with van der Waals surface area (Å²) in [5.74, 6) is 0.379. The summed E-state index contributed by atoms with van der Waals surface area (Å²) < 4.78 is 26.7. The van der Waals surface area contributed by atoms with Crippen molar-refractivity contribution in [1.29, 1.82) is 0 Å². The lowest BCUT2D eigenvalue weighted by atomic mass is 9.86. The van der Waals surface area contributed by atoms with E-state index in [-0.39, 0.29) is 30.1 Å². The molecule has 8 heteroatoms. The third kappa shape index (κ3) is 3.24. The van der Waals surface area contributed by atoms with Gasteiger partial charge in [0.2, 0.25) is 6.79 Å². The minimum atomic E-state index is -0.749. The second-order valence-electron chi connectivity index (χ2n) is 7.06. The number of rotatable bonds is 6. The highest BCUT2D eigenvalue weighted by Gasteiger charge is 2.31. The quantitative estimate of drug-likeness (QED) is 0.448. The molecule has 0 amide bonds. The standard InChI is InChI=1S/C24H22O8/c1-5-15(25)21-22(24(27)30-4)20(12-6-7-16(28-2)17(8-12)29-3)13-9-18-19(32-11-31-18)10-14(13)23(21)26/h6-10,26H,5,11H2,1-4H3. The molecule has 3 aromatic rings. The van der Waals surface area contributed by atoms with Crippen LogP contribution >= 0.6 is 0 Å². The molecule has 0 aromatic heterocycles. The summed E-state index contributed by atoms with van der Waals surface area (Å²) in [4.78, 5) is 25.9. The maximum Gasteiger partial charge on any atom is 0.339 e. The van der Waals surface area contributed by atoms with Gasteiger partial charge in [-0.15, -0.1) is 0 Å². The van der Waals surface area contributed by atoms with E-state index in [0.717, 1.165) is 0 Å². The van der Waals surface area contributed by atoms with E-state index in [9.17, 15) is 14.7 Å². The molecular formula is C24H22O8.